The van der Waals surface area contributed by atoms with Crippen LogP contribution in [0.4, 0.5) is 5.69 Å². The molecule has 0 amide bonds. The Kier molecular flexibility index (Phi) is 4.00. The molecule has 0 aliphatic heterocycles. The molecule has 1 fully saturated rings. The quantitative estimate of drug-likeness (QED) is 0.909. The predicted octanol–water partition coefficient (Wildman–Crippen LogP) is 4.12. The van der Waals surface area contributed by atoms with Crippen molar-refractivity contribution in [1.29, 1.82) is 0 Å². The van der Waals surface area contributed by atoms with Gasteiger partial charge in [-0.1, -0.05) is 13.3 Å². The smallest absolute Gasteiger partial charge is 0.247 e. The molecule has 0 unspecified atom stereocenters. The number of hydrogen-bond donors (Lipinski definition) is 1. The number of aromatic nitrogens is 2. The van der Waals surface area contributed by atoms with Crippen LogP contribution in [0, 0.1) is 5.92 Å². The molecule has 1 aliphatic carbocycles. The summed E-state index contributed by atoms with van der Waals surface area (Å²) in [5.41, 5.74) is 2.14. The minimum atomic E-state index is 0.569. The number of nitrogens with one attached hydrogen (secondary N) is 1. The van der Waals surface area contributed by atoms with Crippen molar-refractivity contribution in [2.24, 2.45) is 5.92 Å². The van der Waals surface area contributed by atoms with Crippen LogP contribution in [-0.4, -0.2) is 16.2 Å². The van der Waals surface area contributed by atoms with Crippen molar-refractivity contribution in [3.8, 4) is 11.5 Å². The van der Waals surface area contributed by atoms with Crippen LogP contribution in [0.3, 0.4) is 0 Å². The van der Waals surface area contributed by atoms with Crippen molar-refractivity contribution >= 4 is 5.69 Å². The molecule has 4 heteroatoms. The first-order valence-corrected chi connectivity index (χ1v) is 7.48. The third-order valence-electron chi connectivity index (χ3n) is 4.29. The Morgan fingerprint density at radius 3 is 2.50 bits per heavy atom. The Hall–Kier alpha value is -1.84. The van der Waals surface area contributed by atoms with Gasteiger partial charge in [-0.3, -0.25) is 0 Å². The summed E-state index contributed by atoms with van der Waals surface area (Å²) in [6.45, 7) is 2.30. The zero-order chi connectivity index (χ0) is 13.8. The number of anilines is 1. The van der Waals surface area contributed by atoms with Crippen LogP contribution in [0.1, 0.15) is 39.0 Å². The van der Waals surface area contributed by atoms with Crippen molar-refractivity contribution in [3.05, 3.63) is 30.7 Å². The topological polar surface area (TPSA) is 51.0 Å². The van der Waals surface area contributed by atoms with E-state index in [1.54, 1.807) is 0 Å². The lowest BCUT2D eigenvalue weighted by Gasteiger charge is -2.29. The Bertz CT molecular complexity index is 513. The molecule has 2 aromatic rings. The van der Waals surface area contributed by atoms with Crippen molar-refractivity contribution in [2.75, 3.05) is 5.32 Å². The third kappa shape index (κ3) is 3.00. The summed E-state index contributed by atoms with van der Waals surface area (Å²) in [4.78, 5) is 0. The maximum absolute atomic E-state index is 5.19. The highest BCUT2D eigenvalue weighted by molar-refractivity contribution is 5.58. The first-order valence-electron chi connectivity index (χ1n) is 7.48. The van der Waals surface area contributed by atoms with E-state index in [0.29, 0.717) is 11.9 Å². The summed E-state index contributed by atoms with van der Waals surface area (Å²) in [5.74, 6) is 1.51. The lowest BCUT2D eigenvalue weighted by Crippen LogP contribution is -2.25. The van der Waals surface area contributed by atoms with Crippen molar-refractivity contribution < 1.29 is 4.42 Å². The first-order chi connectivity index (χ1) is 9.85. The van der Waals surface area contributed by atoms with Crippen LogP contribution in [0.2, 0.25) is 0 Å². The maximum atomic E-state index is 5.19. The van der Waals surface area contributed by atoms with Gasteiger partial charge in [0.25, 0.3) is 0 Å². The fourth-order valence-electron chi connectivity index (χ4n) is 2.96. The SMILES string of the molecule is CCC1CCC(Nc2ccc(-c3nnco3)cc2)CC1. The summed E-state index contributed by atoms with van der Waals surface area (Å²) in [7, 11) is 0. The second kappa shape index (κ2) is 6.07. The largest absolute Gasteiger partial charge is 0.423 e. The van der Waals surface area contributed by atoms with Gasteiger partial charge in [-0.2, -0.15) is 0 Å². The van der Waals surface area contributed by atoms with E-state index < -0.39 is 0 Å². The molecule has 1 heterocycles. The lowest BCUT2D eigenvalue weighted by atomic mass is 9.84. The minimum absolute atomic E-state index is 0.569. The van der Waals surface area contributed by atoms with Crippen LogP contribution in [-0.2, 0) is 0 Å². The average molecular weight is 271 g/mol. The minimum Gasteiger partial charge on any atom is -0.423 e. The Labute approximate surface area is 119 Å². The highest BCUT2D eigenvalue weighted by Crippen LogP contribution is 2.29. The van der Waals surface area contributed by atoms with E-state index >= 15 is 0 Å². The lowest BCUT2D eigenvalue weighted by molar-refractivity contribution is 0.330. The highest BCUT2D eigenvalue weighted by Gasteiger charge is 2.19. The monoisotopic (exact) mass is 271 g/mol. The van der Waals surface area contributed by atoms with Gasteiger partial charge < -0.3 is 9.73 Å². The van der Waals surface area contributed by atoms with Crippen LogP contribution >= 0.6 is 0 Å². The van der Waals surface area contributed by atoms with Gasteiger partial charge in [0.05, 0.1) is 0 Å². The predicted molar refractivity (Wildman–Crippen MR) is 79.4 cm³/mol. The van der Waals surface area contributed by atoms with Crippen LogP contribution in [0.25, 0.3) is 11.5 Å². The molecule has 0 radical (unpaired) electrons. The molecule has 4 nitrogen and oxygen atoms in total. The second-order valence-corrected chi connectivity index (χ2v) is 5.59. The van der Waals surface area contributed by atoms with E-state index in [2.05, 4.69) is 34.6 Å². The molecule has 0 saturated heterocycles. The van der Waals surface area contributed by atoms with E-state index in [9.17, 15) is 0 Å². The summed E-state index contributed by atoms with van der Waals surface area (Å²) < 4.78 is 5.19. The van der Waals surface area contributed by atoms with Gasteiger partial charge in [0, 0.05) is 17.3 Å². The molecule has 20 heavy (non-hydrogen) atoms. The molecule has 0 atom stereocenters. The molecule has 1 aliphatic rings. The van der Waals surface area contributed by atoms with Gasteiger partial charge in [0.15, 0.2) is 0 Å². The van der Waals surface area contributed by atoms with Crippen molar-refractivity contribution in [1.82, 2.24) is 10.2 Å². The van der Waals surface area contributed by atoms with Gasteiger partial charge in [-0.05, 0) is 55.9 Å². The Balaban J connectivity index is 1.59. The van der Waals surface area contributed by atoms with Gasteiger partial charge in [-0.25, -0.2) is 0 Å². The maximum Gasteiger partial charge on any atom is 0.247 e. The number of rotatable bonds is 4. The zero-order valence-corrected chi connectivity index (χ0v) is 11.9. The molecule has 1 N–H and O–H groups in total. The summed E-state index contributed by atoms with van der Waals surface area (Å²) >= 11 is 0. The number of benzene rings is 1. The molecular formula is C16H21N3O. The molecule has 3 rings (SSSR count). The van der Waals surface area contributed by atoms with Gasteiger partial charge in [0.1, 0.15) is 0 Å². The first kappa shape index (κ1) is 13.2. The van der Waals surface area contributed by atoms with E-state index in [-0.39, 0.29) is 0 Å². The second-order valence-electron chi connectivity index (χ2n) is 5.59. The van der Waals surface area contributed by atoms with E-state index in [0.717, 1.165) is 11.5 Å². The molecule has 1 aromatic carbocycles. The van der Waals surface area contributed by atoms with E-state index in [1.807, 2.05) is 12.1 Å². The standard InChI is InChI=1S/C16H21N3O/c1-2-12-3-7-14(8-4-12)18-15-9-5-13(6-10-15)16-19-17-11-20-16/h5-6,9-12,14,18H,2-4,7-8H2,1H3. The highest BCUT2D eigenvalue weighted by atomic mass is 16.4. The zero-order valence-electron chi connectivity index (χ0n) is 11.9. The summed E-state index contributed by atoms with van der Waals surface area (Å²) in [6.07, 6.45) is 7.95. The molecule has 0 bridgehead atoms. The molecule has 1 saturated carbocycles. The normalized spacial score (nSPS) is 22.6. The fourth-order valence-corrected chi connectivity index (χ4v) is 2.96. The van der Waals surface area contributed by atoms with E-state index in [1.165, 1.54) is 44.2 Å². The van der Waals surface area contributed by atoms with Crippen LogP contribution in [0.15, 0.2) is 35.1 Å². The van der Waals surface area contributed by atoms with E-state index in [4.69, 9.17) is 4.42 Å². The molecule has 1 aromatic heterocycles. The van der Waals surface area contributed by atoms with Crippen molar-refractivity contribution in [3.63, 3.8) is 0 Å². The van der Waals surface area contributed by atoms with Gasteiger partial charge in [-0.15, -0.1) is 10.2 Å². The van der Waals surface area contributed by atoms with Crippen molar-refractivity contribution in [2.45, 2.75) is 45.1 Å². The van der Waals surface area contributed by atoms with Gasteiger partial charge in [0.2, 0.25) is 12.3 Å². The van der Waals surface area contributed by atoms with Crippen LogP contribution < -0.4 is 5.32 Å². The fraction of sp³-hybridized carbons (Fsp3) is 0.500. The molecule has 106 valence electrons. The summed E-state index contributed by atoms with van der Waals surface area (Å²) in [6, 6.07) is 8.84. The molecular weight excluding hydrogens is 250 g/mol. The Morgan fingerprint density at radius 2 is 1.90 bits per heavy atom. The van der Waals surface area contributed by atoms with Gasteiger partial charge >= 0.3 is 0 Å². The van der Waals surface area contributed by atoms with Crippen LogP contribution in [0.5, 0.6) is 0 Å². The Morgan fingerprint density at radius 1 is 1.15 bits per heavy atom. The number of hydrogen-bond acceptors (Lipinski definition) is 4. The average Bonchev–Trinajstić information content (AvgIpc) is 3.03. The third-order valence-corrected chi connectivity index (χ3v) is 4.29. The summed E-state index contributed by atoms with van der Waals surface area (Å²) in [5, 5.41) is 11.2. The number of nitrogens with zero attached hydrogens (tertiary/aromatic N) is 2. The molecule has 0 spiro atoms.